The number of hydrogen-bond donors (Lipinski definition) is 4. The molecule has 0 aromatic carbocycles. The van der Waals surface area contributed by atoms with Crippen LogP contribution >= 0.6 is 0 Å². The van der Waals surface area contributed by atoms with Crippen molar-refractivity contribution in [2.45, 2.75) is 179 Å². The van der Waals surface area contributed by atoms with E-state index >= 15 is 0 Å². The minimum atomic E-state index is -1.83. The number of fused-ring (bicyclic) bond motifs is 2. The molecule has 0 aliphatic carbocycles. The van der Waals surface area contributed by atoms with Gasteiger partial charge in [0, 0.05) is 38.2 Å². The highest BCUT2D eigenvalue weighted by Gasteiger charge is 2.57. The third kappa shape index (κ3) is 8.69. The zero-order valence-corrected chi connectivity index (χ0v) is 34.4. The maximum Gasteiger partial charge on any atom is 0.311 e. The molecule has 306 valence electrons. The second kappa shape index (κ2) is 16.4. The van der Waals surface area contributed by atoms with Crippen molar-refractivity contribution in [3.8, 4) is 0 Å². The number of likely N-dealkylation sites (N-methyl/N-ethyl adjacent to an activating group) is 1. The molecule has 53 heavy (non-hydrogen) atoms. The van der Waals surface area contributed by atoms with E-state index in [0.29, 0.717) is 29.6 Å². The minimum absolute atomic E-state index is 0.167. The normalized spacial score (nSPS) is 47.5. The number of rotatable bonds is 9. The van der Waals surface area contributed by atoms with Crippen LogP contribution in [0.3, 0.4) is 0 Å². The molecule has 4 aliphatic heterocycles. The third-order valence-corrected chi connectivity index (χ3v) is 12.8. The molecule has 0 radical (unpaired) electrons. The number of aliphatic hydroxyl groups excluding tert-OH is 3. The van der Waals surface area contributed by atoms with E-state index in [0.717, 1.165) is 5.57 Å². The number of nitrogens with zero attached hydrogens (tertiary/aromatic N) is 1. The Kier molecular flexibility index (Phi) is 13.7. The van der Waals surface area contributed by atoms with Gasteiger partial charge in [-0.15, -0.1) is 0 Å². The Morgan fingerprint density at radius 2 is 1.64 bits per heavy atom. The van der Waals surface area contributed by atoms with E-state index in [4.69, 9.17) is 33.2 Å². The summed E-state index contributed by atoms with van der Waals surface area (Å²) in [5.74, 6) is -2.36. The fraction of sp³-hybridized carbons (Fsp3) is 0.875. The summed E-state index contributed by atoms with van der Waals surface area (Å²) >= 11 is 0. The number of methoxy groups -OCH3 is 1. The fourth-order valence-electron chi connectivity index (χ4n) is 9.38. The quantitative estimate of drug-likeness (QED) is 0.154. The van der Waals surface area contributed by atoms with E-state index in [1.807, 2.05) is 47.9 Å². The van der Waals surface area contributed by atoms with Crippen LogP contribution in [0.2, 0.25) is 0 Å². The molecule has 4 N–H and O–H groups in total. The van der Waals surface area contributed by atoms with Gasteiger partial charge in [-0.25, -0.2) is 0 Å². The van der Waals surface area contributed by atoms with Gasteiger partial charge in [0.25, 0.3) is 0 Å². The van der Waals surface area contributed by atoms with Gasteiger partial charge in [0.1, 0.15) is 41.3 Å². The molecule has 3 fully saturated rings. The Balaban J connectivity index is 1.85. The Labute approximate surface area is 317 Å². The Morgan fingerprint density at radius 3 is 2.23 bits per heavy atom. The Morgan fingerprint density at radius 1 is 1.00 bits per heavy atom. The first-order valence-electron chi connectivity index (χ1n) is 19.4. The van der Waals surface area contributed by atoms with Crippen LogP contribution in [0.15, 0.2) is 24.0 Å². The number of esters is 1. The van der Waals surface area contributed by atoms with E-state index in [9.17, 15) is 25.2 Å². The summed E-state index contributed by atoms with van der Waals surface area (Å²) in [6, 6.07) is -0.237. The van der Waals surface area contributed by atoms with Crippen molar-refractivity contribution in [2.75, 3.05) is 27.7 Å². The number of aliphatic hydroxyl groups is 4. The smallest absolute Gasteiger partial charge is 0.311 e. The molecule has 13 nitrogen and oxygen atoms in total. The minimum Gasteiger partial charge on any atom is -0.489 e. The molecule has 4 rings (SSSR count). The zero-order chi connectivity index (χ0) is 40.0. The summed E-state index contributed by atoms with van der Waals surface area (Å²) in [6.45, 7) is 22.6. The number of ether oxygens (including phenoxy) is 7. The van der Waals surface area contributed by atoms with Crippen LogP contribution in [0.4, 0.5) is 0 Å². The molecule has 0 spiro atoms. The molecule has 0 aromatic heterocycles. The van der Waals surface area contributed by atoms with Gasteiger partial charge in [-0.1, -0.05) is 27.4 Å². The first kappa shape index (κ1) is 44.1. The van der Waals surface area contributed by atoms with Crippen molar-refractivity contribution in [2.24, 2.45) is 17.8 Å². The average molecular weight is 757 g/mol. The van der Waals surface area contributed by atoms with Crippen LogP contribution in [0, 0.1) is 17.8 Å². The van der Waals surface area contributed by atoms with Gasteiger partial charge < -0.3 is 58.1 Å². The lowest BCUT2D eigenvalue weighted by Gasteiger charge is -2.49. The molecular formula is C40H70NO12+. The van der Waals surface area contributed by atoms with E-state index in [-0.39, 0.29) is 25.0 Å². The molecular weight excluding hydrogens is 686 g/mol. The maximum absolute atomic E-state index is 14.2. The highest BCUT2D eigenvalue weighted by Crippen LogP contribution is 2.47. The number of carbonyl (C=O) groups excluding carboxylic acids is 1. The molecule has 3 saturated heterocycles. The summed E-state index contributed by atoms with van der Waals surface area (Å²) in [5.41, 5.74) is -3.04. The monoisotopic (exact) mass is 756 g/mol. The van der Waals surface area contributed by atoms with Gasteiger partial charge >= 0.3 is 5.97 Å². The summed E-state index contributed by atoms with van der Waals surface area (Å²) in [7, 11) is 5.62. The largest absolute Gasteiger partial charge is 0.489 e. The summed E-state index contributed by atoms with van der Waals surface area (Å²) in [5, 5.41) is 46.4. The van der Waals surface area contributed by atoms with Crippen molar-refractivity contribution in [1.82, 2.24) is 0 Å². The van der Waals surface area contributed by atoms with Crippen molar-refractivity contribution in [3.63, 3.8) is 0 Å². The summed E-state index contributed by atoms with van der Waals surface area (Å²) < 4.78 is 45.5. The van der Waals surface area contributed by atoms with Gasteiger partial charge in [-0.3, -0.25) is 4.79 Å². The van der Waals surface area contributed by atoms with Crippen LogP contribution in [-0.4, -0.2) is 143 Å². The van der Waals surface area contributed by atoms with Gasteiger partial charge in [-0.05, 0) is 66.5 Å². The lowest BCUT2D eigenvalue weighted by molar-refractivity contribution is -0.916. The molecule has 2 bridgehead atoms. The second-order valence-corrected chi connectivity index (χ2v) is 17.6. The lowest BCUT2D eigenvalue weighted by Crippen LogP contribution is -2.64. The Bertz CT molecular complexity index is 1320. The molecule has 17 atom stereocenters. The fourth-order valence-corrected chi connectivity index (χ4v) is 9.38. The van der Waals surface area contributed by atoms with Crippen LogP contribution in [-0.2, 0) is 38.0 Å². The summed E-state index contributed by atoms with van der Waals surface area (Å²) in [4.78, 5) is 14.2. The second-order valence-electron chi connectivity index (χ2n) is 17.6. The topological polar surface area (TPSA) is 163 Å². The highest BCUT2D eigenvalue weighted by molar-refractivity contribution is 5.73. The van der Waals surface area contributed by atoms with Crippen molar-refractivity contribution < 1.29 is 62.9 Å². The van der Waals surface area contributed by atoms with Crippen LogP contribution in [0.5, 0.6) is 0 Å². The third-order valence-electron chi connectivity index (χ3n) is 12.8. The predicted octanol–water partition coefficient (Wildman–Crippen LogP) is 3.59. The predicted molar refractivity (Wildman–Crippen MR) is 197 cm³/mol. The first-order valence-corrected chi connectivity index (χ1v) is 19.4. The van der Waals surface area contributed by atoms with Crippen LogP contribution in [0.1, 0.15) is 94.9 Å². The first-order chi connectivity index (χ1) is 24.5. The van der Waals surface area contributed by atoms with Crippen molar-refractivity contribution in [1.29, 1.82) is 0 Å². The molecule has 4 heterocycles. The zero-order valence-electron chi connectivity index (χ0n) is 34.4. The van der Waals surface area contributed by atoms with E-state index in [1.54, 1.807) is 34.6 Å². The van der Waals surface area contributed by atoms with Crippen molar-refractivity contribution in [3.05, 3.63) is 24.0 Å². The van der Waals surface area contributed by atoms with E-state index in [1.165, 1.54) is 14.0 Å². The van der Waals surface area contributed by atoms with Gasteiger partial charge in [0.2, 0.25) is 0 Å². The summed E-state index contributed by atoms with van der Waals surface area (Å²) in [6.07, 6.45) is -5.74. The van der Waals surface area contributed by atoms with Crippen LogP contribution in [0.25, 0.3) is 0 Å². The van der Waals surface area contributed by atoms with Gasteiger partial charge in [-0.2, -0.15) is 0 Å². The number of quaternary nitrogens is 1. The maximum atomic E-state index is 14.2. The van der Waals surface area contributed by atoms with Gasteiger partial charge in [0.05, 0.1) is 56.6 Å². The lowest BCUT2D eigenvalue weighted by atomic mass is 9.78. The molecule has 4 aliphatic rings. The standard InChI is InChI=1S/C40H70NO12/c1-15-17-41(12,13)27-18-22(4)48-37(30(27)42)52-35-24(6)32(51-29-20-38(9,47-14)34(44)26(8)49-29)25(7)36(45)50-28(16-2)40(11,46)33(43)23(5)31-21(3)19-39(35,10)53-31/h15,22-30,32-35,37,42-44,46H,1,16-20H2,2-14H3/q+1/t22-,23+,24?,25?,26-,27-,28?,29+,30-,32?,33-,34+,35-,37+,38-,39+,40-/m1/s1. The number of carbonyl (C=O) groups is 1. The highest BCUT2D eigenvalue weighted by atomic mass is 16.7. The molecule has 4 unspecified atom stereocenters. The molecule has 0 aromatic rings. The van der Waals surface area contributed by atoms with Crippen LogP contribution < -0.4 is 0 Å². The molecule has 13 heteroatoms. The molecule has 0 saturated carbocycles. The molecule has 0 amide bonds. The van der Waals surface area contributed by atoms with E-state index in [2.05, 4.69) is 6.58 Å². The number of cyclic esters (lactones) is 1. The van der Waals surface area contributed by atoms with Gasteiger partial charge in [0.15, 0.2) is 18.7 Å². The SMILES string of the molecule is C=CC[N+](C)(C)[C@@H]1C[C@@H](C)O[C@@H](O[C@@H]2C(C)C(O[C@H]3C[C@@](C)(OC)[C@@H](O)[C@@H](C)O3)C(C)C(=O)OC(CC)[C@@](C)(O)[C@H](O)[C@@H](C)C3=C(C)C[C@]2(C)O3)[C@@H]1O. The average Bonchev–Trinajstić information content (AvgIpc) is 3.40. The van der Waals surface area contributed by atoms with E-state index < -0.39 is 95.8 Å². The number of hydrogen-bond acceptors (Lipinski definition) is 12. The van der Waals surface area contributed by atoms with Crippen molar-refractivity contribution >= 4 is 5.97 Å². The Hall–Kier alpha value is -1.65.